The molecule has 2 aliphatic rings. The molecule has 3 amide bonds. The van der Waals surface area contributed by atoms with Gasteiger partial charge in [-0.3, -0.25) is 14.4 Å². The third-order valence-corrected chi connectivity index (χ3v) is 4.93. The van der Waals surface area contributed by atoms with Crippen molar-refractivity contribution in [3.8, 4) is 0 Å². The van der Waals surface area contributed by atoms with Gasteiger partial charge in [0, 0.05) is 29.6 Å². The molecule has 140 valence electrons. The predicted octanol–water partition coefficient (Wildman–Crippen LogP) is 0.184. The van der Waals surface area contributed by atoms with Gasteiger partial charge in [0.25, 0.3) is 11.8 Å². The quantitative estimate of drug-likeness (QED) is 0.670. The van der Waals surface area contributed by atoms with E-state index in [2.05, 4.69) is 22.5 Å². The predicted molar refractivity (Wildman–Crippen MR) is 98.5 cm³/mol. The molecule has 2 atom stereocenters. The second-order valence-electron chi connectivity index (χ2n) is 6.65. The molecular formula is C19H20N4O4. The highest BCUT2D eigenvalue weighted by Crippen LogP contribution is 2.23. The summed E-state index contributed by atoms with van der Waals surface area (Å²) in [6.07, 6.45) is 1.19. The molecule has 0 saturated carbocycles. The van der Waals surface area contributed by atoms with Crippen LogP contribution in [0.1, 0.15) is 20.8 Å². The first-order valence-electron chi connectivity index (χ1n) is 8.80. The van der Waals surface area contributed by atoms with E-state index < -0.39 is 0 Å². The van der Waals surface area contributed by atoms with E-state index in [0.29, 0.717) is 37.6 Å². The van der Waals surface area contributed by atoms with Crippen LogP contribution < -0.4 is 16.0 Å². The summed E-state index contributed by atoms with van der Waals surface area (Å²) in [6.45, 7) is 5.33. The molecule has 1 saturated heterocycles. The number of ether oxygens (including phenoxy) is 1. The molecule has 3 N–H and O–H groups in total. The van der Waals surface area contributed by atoms with E-state index in [1.807, 2.05) is 16.7 Å². The van der Waals surface area contributed by atoms with Crippen LogP contribution >= 0.6 is 0 Å². The lowest BCUT2D eigenvalue weighted by Gasteiger charge is -2.20. The number of amides is 3. The molecule has 4 rings (SSSR count). The fourth-order valence-corrected chi connectivity index (χ4v) is 3.53. The number of nitrogens with zero attached hydrogens (tertiary/aromatic N) is 1. The lowest BCUT2D eigenvalue weighted by Crippen LogP contribution is -2.50. The molecule has 27 heavy (non-hydrogen) atoms. The average molecular weight is 368 g/mol. The van der Waals surface area contributed by atoms with Crippen molar-refractivity contribution in [1.29, 1.82) is 0 Å². The zero-order chi connectivity index (χ0) is 19.0. The first kappa shape index (κ1) is 17.3. The number of carbonyl (C=O) groups is 3. The van der Waals surface area contributed by atoms with Gasteiger partial charge in [-0.25, -0.2) is 0 Å². The first-order valence-corrected chi connectivity index (χ1v) is 8.80. The van der Waals surface area contributed by atoms with Crippen LogP contribution in [0.5, 0.6) is 0 Å². The Bertz CT molecular complexity index is 949. The fraction of sp³-hybridized carbons (Fsp3) is 0.316. The highest BCUT2D eigenvalue weighted by atomic mass is 16.5. The van der Waals surface area contributed by atoms with Crippen molar-refractivity contribution in [1.82, 2.24) is 20.5 Å². The van der Waals surface area contributed by atoms with Crippen LogP contribution in [0, 0.1) is 0 Å². The molecule has 0 radical (unpaired) electrons. The van der Waals surface area contributed by atoms with Crippen molar-refractivity contribution < 1.29 is 19.1 Å². The summed E-state index contributed by atoms with van der Waals surface area (Å²) < 4.78 is 7.31. The zero-order valence-electron chi connectivity index (χ0n) is 14.7. The molecule has 0 spiro atoms. The maximum absolute atomic E-state index is 12.7. The van der Waals surface area contributed by atoms with Crippen molar-refractivity contribution in [2.24, 2.45) is 0 Å². The van der Waals surface area contributed by atoms with Crippen LogP contribution in [-0.4, -0.2) is 54.1 Å². The Labute approximate surface area is 155 Å². The van der Waals surface area contributed by atoms with Crippen LogP contribution in [0.2, 0.25) is 0 Å². The molecule has 1 fully saturated rings. The Balaban J connectivity index is 1.55. The summed E-state index contributed by atoms with van der Waals surface area (Å²) in [7, 11) is 0. The maximum Gasteiger partial charge on any atom is 0.268 e. The van der Waals surface area contributed by atoms with Crippen molar-refractivity contribution in [2.75, 3.05) is 19.8 Å². The summed E-state index contributed by atoms with van der Waals surface area (Å²) in [6, 6.07) is 6.58. The number of hydrogen-bond acceptors (Lipinski definition) is 4. The molecule has 0 bridgehead atoms. The Kier molecular flexibility index (Phi) is 4.41. The number of nitrogens with one attached hydrogen (secondary N) is 3. The molecule has 2 aliphatic heterocycles. The largest absolute Gasteiger partial charge is 0.377 e. The third-order valence-electron chi connectivity index (χ3n) is 4.93. The summed E-state index contributed by atoms with van der Waals surface area (Å²) in [5.74, 6) is -0.655. The van der Waals surface area contributed by atoms with E-state index in [9.17, 15) is 14.4 Å². The number of benzene rings is 1. The minimum atomic E-state index is -0.316. The lowest BCUT2D eigenvalue weighted by molar-refractivity contribution is -0.117. The average Bonchev–Trinajstić information content (AvgIpc) is 3.26. The van der Waals surface area contributed by atoms with Gasteiger partial charge in [-0.1, -0.05) is 12.6 Å². The summed E-state index contributed by atoms with van der Waals surface area (Å²) in [4.78, 5) is 36.2. The number of hydrogen-bond donors (Lipinski definition) is 3. The van der Waals surface area contributed by atoms with Crippen molar-refractivity contribution in [3.05, 3.63) is 48.2 Å². The molecule has 1 aromatic carbocycles. The first-order chi connectivity index (χ1) is 13.1. The van der Waals surface area contributed by atoms with Gasteiger partial charge in [-0.05, 0) is 24.3 Å². The van der Waals surface area contributed by atoms with Gasteiger partial charge < -0.3 is 25.3 Å². The van der Waals surface area contributed by atoms with E-state index in [1.165, 1.54) is 6.08 Å². The minimum absolute atomic E-state index is 0.104. The van der Waals surface area contributed by atoms with Gasteiger partial charge in [0.15, 0.2) is 0 Å². The van der Waals surface area contributed by atoms with Crippen LogP contribution in [0.4, 0.5) is 0 Å². The Morgan fingerprint density at radius 1 is 1.22 bits per heavy atom. The summed E-state index contributed by atoms with van der Waals surface area (Å²) in [5, 5.41) is 9.41. The van der Waals surface area contributed by atoms with Gasteiger partial charge in [-0.15, -0.1) is 0 Å². The van der Waals surface area contributed by atoms with Crippen LogP contribution in [0.3, 0.4) is 0 Å². The van der Waals surface area contributed by atoms with Crippen LogP contribution in [0.15, 0.2) is 36.9 Å². The molecule has 8 heteroatoms. The number of aromatic nitrogens is 1. The van der Waals surface area contributed by atoms with Gasteiger partial charge in [0.1, 0.15) is 5.69 Å². The molecule has 8 nitrogen and oxygen atoms in total. The smallest absolute Gasteiger partial charge is 0.268 e. The monoisotopic (exact) mass is 368 g/mol. The Morgan fingerprint density at radius 3 is 2.78 bits per heavy atom. The number of rotatable bonds is 4. The van der Waals surface area contributed by atoms with E-state index in [4.69, 9.17) is 4.74 Å². The van der Waals surface area contributed by atoms with Gasteiger partial charge in [0.2, 0.25) is 5.91 Å². The van der Waals surface area contributed by atoms with Crippen LogP contribution in [-0.2, 0) is 16.1 Å². The minimum Gasteiger partial charge on any atom is -0.377 e. The molecule has 1 aromatic heterocycles. The van der Waals surface area contributed by atoms with Crippen LogP contribution in [0.25, 0.3) is 10.9 Å². The van der Waals surface area contributed by atoms with E-state index >= 15 is 0 Å². The number of fused-ring (bicyclic) bond motifs is 3. The maximum atomic E-state index is 12.7. The Hall–Kier alpha value is -3.13. The standard InChI is InChI=1S/C19H20N4O4/c1-2-17(24)21-13-9-27-10-14(13)22-18(25)12-4-3-11-7-16-19(26)20-5-6-23(16)15(11)8-12/h2-4,7-8,13-14H,1,5-6,9-10H2,(H,20,26)(H,21,24)(H,22,25)/t13-,14+/m1/s1. The summed E-state index contributed by atoms with van der Waals surface area (Å²) >= 11 is 0. The second-order valence-corrected chi connectivity index (χ2v) is 6.65. The van der Waals surface area contributed by atoms with E-state index in [-0.39, 0.29) is 29.8 Å². The van der Waals surface area contributed by atoms with Gasteiger partial charge >= 0.3 is 0 Å². The highest BCUT2D eigenvalue weighted by Gasteiger charge is 2.31. The fourth-order valence-electron chi connectivity index (χ4n) is 3.53. The molecular weight excluding hydrogens is 348 g/mol. The van der Waals surface area contributed by atoms with Crippen molar-refractivity contribution in [2.45, 2.75) is 18.6 Å². The highest BCUT2D eigenvalue weighted by molar-refractivity contribution is 6.02. The molecule has 0 aliphatic carbocycles. The van der Waals surface area contributed by atoms with E-state index in [0.717, 1.165) is 10.9 Å². The van der Waals surface area contributed by atoms with E-state index in [1.54, 1.807) is 12.1 Å². The zero-order valence-corrected chi connectivity index (χ0v) is 14.7. The normalized spacial score (nSPS) is 21.4. The van der Waals surface area contributed by atoms with Gasteiger partial charge in [-0.2, -0.15) is 0 Å². The summed E-state index contributed by atoms with van der Waals surface area (Å²) in [5.41, 5.74) is 1.95. The Morgan fingerprint density at radius 2 is 2.00 bits per heavy atom. The molecule has 3 heterocycles. The number of carbonyl (C=O) groups excluding carboxylic acids is 3. The molecule has 2 aromatic rings. The van der Waals surface area contributed by atoms with Gasteiger partial charge in [0.05, 0.1) is 25.3 Å². The van der Waals surface area contributed by atoms with Crippen molar-refractivity contribution in [3.63, 3.8) is 0 Å². The third kappa shape index (κ3) is 3.19. The molecule has 0 unspecified atom stereocenters. The SMILES string of the molecule is C=CC(=O)N[C@@H]1COC[C@@H]1NC(=O)c1ccc2cc3n(c2c1)CCNC3=O. The van der Waals surface area contributed by atoms with Crippen molar-refractivity contribution >= 4 is 28.6 Å². The lowest BCUT2D eigenvalue weighted by atomic mass is 10.1. The topological polar surface area (TPSA) is 101 Å². The second kappa shape index (κ2) is 6.88.